The zero-order valence-corrected chi connectivity index (χ0v) is 17.5. The third-order valence-electron chi connectivity index (χ3n) is 6.67. The molecule has 2 fully saturated rings. The second-order valence-electron chi connectivity index (χ2n) is 8.71. The number of hydrogen-bond acceptors (Lipinski definition) is 5. The lowest BCUT2D eigenvalue weighted by Gasteiger charge is -2.29. The maximum atomic E-state index is 13.0. The number of carbonyl (C=O) groups is 3. The summed E-state index contributed by atoms with van der Waals surface area (Å²) >= 11 is 0. The Kier molecular flexibility index (Phi) is 7.99. The van der Waals surface area contributed by atoms with Gasteiger partial charge in [0.2, 0.25) is 17.7 Å². The molecular formula is C23H33N3O4. The van der Waals surface area contributed by atoms with Gasteiger partial charge in [-0.2, -0.15) is 0 Å². The topological polar surface area (TPSA) is 113 Å². The number of imide groups is 1. The Morgan fingerprint density at radius 1 is 1.17 bits per heavy atom. The van der Waals surface area contributed by atoms with E-state index in [1.165, 1.54) is 6.42 Å². The second-order valence-corrected chi connectivity index (χ2v) is 8.71. The Morgan fingerprint density at radius 3 is 2.50 bits per heavy atom. The molecule has 30 heavy (non-hydrogen) atoms. The highest BCUT2D eigenvalue weighted by Gasteiger charge is 2.44. The summed E-state index contributed by atoms with van der Waals surface area (Å²) in [6.07, 6.45) is 7.29. The average molecular weight is 416 g/mol. The molecule has 1 saturated carbocycles. The number of hydrogen-bond donors (Lipinski definition) is 3. The molecule has 1 heterocycles. The van der Waals surface area contributed by atoms with Crippen molar-refractivity contribution in [3.05, 3.63) is 35.9 Å². The lowest BCUT2D eigenvalue weighted by atomic mass is 9.84. The second kappa shape index (κ2) is 10.7. The Bertz CT molecular complexity index is 733. The van der Waals surface area contributed by atoms with Crippen LogP contribution in [0, 0.1) is 11.8 Å². The number of nitrogens with two attached hydrogens (primary N) is 1. The molecule has 3 atom stereocenters. The highest BCUT2D eigenvalue weighted by molar-refractivity contribution is 6.06. The summed E-state index contributed by atoms with van der Waals surface area (Å²) in [5.74, 6) is -1.22. The summed E-state index contributed by atoms with van der Waals surface area (Å²) in [5, 5.41) is 9.18. The van der Waals surface area contributed by atoms with Crippen molar-refractivity contribution in [3.63, 3.8) is 0 Å². The number of hydroxylamine groups is 1. The maximum Gasteiger partial charge on any atom is 0.240 e. The van der Waals surface area contributed by atoms with E-state index in [0.717, 1.165) is 36.1 Å². The number of primary amides is 1. The maximum absolute atomic E-state index is 13.0. The zero-order valence-electron chi connectivity index (χ0n) is 17.5. The fourth-order valence-electron chi connectivity index (χ4n) is 4.98. The zero-order chi connectivity index (χ0) is 21.5. The number of rotatable bonds is 10. The van der Waals surface area contributed by atoms with Gasteiger partial charge in [0.05, 0.1) is 0 Å². The van der Waals surface area contributed by atoms with Gasteiger partial charge in [-0.05, 0) is 36.7 Å². The van der Waals surface area contributed by atoms with Crippen molar-refractivity contribution in [1.29, 1.82) is 0 Å². The van der Waals surface area contributed by atoms with Crippen molar-refractivity contribution < 1.29 is 19.6 Å². The minimum Gasteiger partial charge on any atom is -0.368 e. The van der Waals surface area contributed by atoms with Crippen LogP contribution in [0.1, 0.15) is 69.3 Å². The fraction of sp³-hybridized carbons (Fsp3) is 0.609. The number of amides is 3. The fourth-order valence-corrected chi connectivity index (χ4v) is 4.98. The molecule has 164 valence electrons. The van der Waals surface area contributed by atoms with Crippen LogP contribution in [0.5, 0.6) is 0 Å². The van der Waals surface area contributed by atoms with Gasteiger partial charge < -0.3 is 10.9 Å². The predicted octanol–water partition coefficient (Wildman–Crippen LogP) is 2.73. The van der Waals surface area contributed by atoms with Crippen LogP contribution >= 0.6 is 0 Å². The van der Waals surface area contributed by atoms with Gasteiger partial charge >= 0.3 is 0 Å². The van der Waals surface area contributed by atoms with E-state index in [0.29, 0.717) is 31.7 Å². The monoisotopic (exact) mass is 415 g/mol. The molecule has 1 unspecified atom stereocenters. The summed E-state index contributed by atoms with van der Waals surface area (Å²) < 4.78 is 0. The van der Waals surface area contributed by atoms with E-state index in [2.05, 4.69) is 5.48 Å². The SMILES string of the molecule is NC(=O)[C@H](CC1CCCCC1)N1C(=O)C[C@@H](CCC(CNO)c2ccccc2)C1=O. The molecule has 1 aliphatic heterocycles. The molecule has 0 spiro atoms. The van der Waals surface area contributed by atoms with E-state index < -0.39 is 17.9 Å². The normalized spacial score (nSPS) is 22.3. The molecule has 0 bridgehead atoms. The molecule has 4 N–H and O–H groups in total. The van der Waals surface area contributed by atoms with Gasteiger partial charge in [-0.1, -0.05) is 62.4 Å². The molecule has 1 saturated heterocycles. The lowest BCUT2D eigenvalue weighted by Crippen LogP contribution is -2.49. The van der Waals surface area contributed by atoms with Gasteiger partial charge in [0, 0.05) is 18.9 Å². The molecule has 1 aromatic carbocycles. The summed E-state index contributed by atoms with van der Waals surface area (Å²) in [6.45, 7) is 0.369. The van der Waals surface area contributed by atoms with Gasteiger partial charge in [0.15, 0.2) is 0 Å². The first kappa shape index (κ1) is 22.4. The molecule has 3 amide bonds. The van der Waals surface area contributed by atoms with Crippen LogP contribution < -0.4 is 11.2 Å². The van der Waals surface area contributed by atoms with E-state index in [-0.39, 0.29) is 24.2 Å². The minimum absolute atomic E-state index is 0.0299. The number of nitrogens with one attached hydrogen (secondary N) is 1. The standard InChI is InChI=1S/C23H33N3O4/c24-22(28)20(13-16-7-3-1-4-8-16)26-21(27)14-18(23(26)29)11-12-19(15-25-30)17-9-5-2-6-10-17/h2,5-6,9-10,16,18-20,25,30H,1,3-4,7-8,11-15H2,(H2,24,28)/t18-,19?,20+/m1/s1. The van der Waals surface area contributed by atoms with E-state index in [9.17, 15) is 19.6 Å². The van der Waals surface area contributed by atoms with Crippen LogP contribution in [0.15, 0.2) is 30.3 Å². The number of carbonyl (C=O) groups excluding carboxylic acids is 3. The minimum atomic E-state index is -0.831. The molecule has 2 aliphatic rings. The Morgan fingerprint density at radius 2 is 1.87 bits per heavy atom. The van der Waals surface area contributed by atoms with E-state index in [4.69, 9.17) is 5.73 Å². The van der Waals surface area contributed by atoms with Crippen molar-refractivity contribution >= 4 is 17.7 Å². The average Bonchev–Trinajstić information content (AvgIpc) is 3.03. The van der Waals surface area contributed by atoms with Gasteiger partial charge in [0.1, 0.15) is 6.04 Å². The first-order valence-corrected chi connectivity index (χ1v) is 11.1. The number of likely N-dealkylation sites (tertiary alicyclic amines) is 1. The largest absolute Gasteiger partial charge is 0.368 e. The smallest absolute Gasteiger partial charge is 0.240 e. The highest BCUT2D eigenvalue weighted by Crippen LogP contribution is 2.33. The van der Waals surface area contributed by atoms with E-state index in [1.54, 1.807) is 0 Å². The van der Waals surface area contributed by atoms with Crippen LogP contribution in [0.2, 0.25) is 0 Å². The Hall–Kier alpha value is -2.25. The molecule has 3 rings (SSSR count). The number of nitrogens with zero attached hydrogens (tertiary/aromatic N) is 1. The Labute approximate surface area is 178 Å². The molecule has 0 radical (unpaired) electrons. The first-order valence-electron chi connectivity index (χ1n) is 11.1. The molecule has 7 nitrogen and oxygen atoms in total. The first-order chi connectivity index (χ1) is 14.5. The van der Waals surface area contributed by atoms with Crippen LogP contribution in [-0.2, 0) is 14.4 Å². The van der Waals surface area contributed by atoms with Gasteiger partial charge in [-0.25, -0.2) is 5.48 Å². The number of benzene rings is 1. The summed E-state index contributed by atoms with van der Waals surface area (Å²) in [6, 6.07) is 8.96. The van der Waals surface area contributed by atoms with Crippen LogP contribution in [-0.4, -0.2) is 40.4 Å². The molecule has 7 heteroatoms. The van der Waals surface area contributed by atoms with Crippen LogP contribution in [0.4, 0.5) is 0 Å². The molecule has 0 aromatic heterocycles. The van der Waals surface area contributed by atoms with Crippen LogP contribution in [0.25, 0.3) is 0 Å². The lowest BCUT2D eigenvalue weighted by molar-refractivity contribution is -0.147. The summed E-state index contributed by atoms with van der Waals surface area (Å²) in [4.78, 5) is 39.0. The van der Waals surface area contributed by atoms with E-state index >= 15 is 0 Å². The third-order valence-corrected chi connectivity index (χ3v) is 6.67. The van der Waals surface area contributed by atoms with Gasteiger partial charge in [0.25, 0.3) is 0 Å². The molecule has 1 aromatic rings. The summed E-state index contributed by atoms with van der Waals surface area (Å²) in [7, 11) is 0. The van der Waals surface area contributed by atoms with Crippen molar-refractivity contribution in [2.45, 2.75) is 69.7 Å². The highest BCUT2D eigenvalue weighted by atomic mass is 16.5. The van der Waals surface area contributed by atoms with Crippen molar-refractivity contribution in [2.24, 2.45) is 17.6 Å². The van der Waals surface area contributed by atoms with E-state index in [1.807, 2.05) is 30.3 Å². The Balaban J connectivity index is 1.64. The van der Waals surface area contributed by atoms with Gasteiger partial charge in [-0.3, -0.25) is 19.3 Å². The summed E-state index contributed by atoms with van der Waals surface area (Å²) in [5.41, 5.74) is 8.92. The predicted molar refractivity (Wildman–Crippen MR) is 112 cm³/mol. The third kappa shape index (κ3) is 5.46. The molecule has 1 aliphatic carbocycles. The van der Waals surface area contributed by atoms with Crippen LogP contribution in [0.3, 0.4) is 0 Å². The van der Waals surface area contributed by atoms with Crippen molar-refractivity contribution in [2.75, 3.05) is 6.54 Å². The quantitative estimate of drug-likeness (QED) is 0.402. The van der Waals surface area contributed by atoms with Crippen molar-refractivity contribution in [3.8, 4) is 0 Å². The molecular weight excluding hydrogens is 382 g/mol. The van der Waals surface area contributed by atoms with Crippen molar-refractivity contribution in [1.82, 2.24) is 10.4 Å². The van der Waals surface area contributed by atoms with Gasteiger partial charge in [-0.15, -0.1) is 0 Å².